The zero-order valence-electron chi connectivity index (χ0n) is 9.06. The summed E-state index contributed by atoms with van der Waals surface area (Å²) in [5.41, 5.74) is 6.87. The lowest BCUT2D eigenvalue weighted by molar-refractivity contribution is -0.384. The Bertz CT molecular complexity index is 344. The quantitative estimate of drug-likeness (QED) is 0.608. The Morgan fingerprint density at radius 2 is 1.87 bits per heavy atom. The number of nitrogens with two attached hydrogens (primary N) is 1. The van der Waals surface area contributed by atoms with Crippen LogP contribution in [-0.4, -0.2) is 11.5 Å². The van der Waals surface area contributed by atoms with E-state index in [4.69, 9.17) is 5.73 Å². The average Bonchev–Trinajstić information content (AvgIpc) is 2.18. The first-order chi connectivity index (χ1) is 6.94. The lowest BCUT2D eigenvalue weighted by atomic mass is 9.86. The monoisotopic (exact) mass is 208 g/mol. The van der Waals surface area contributed by atoms with Gasteiger partial charge in [0.15, 0.2) is 0 Å². The molecule has 0 amide bonds. The van der Waals surface area contributed by atoms with Gasteiger partial charge in [-0.2, -0.15) is 0 Å². The summed E-state index contributed by atoms with van der Waals surface area (Å²) in [4.78, 5) is 10.0. The molecule has 0 radical (unpaired) electrons. The van der Waals surface area contributed by atoms with Crippen molar-refractivity contribution in [1.82, 2.24) is 0 Å². The van der Waals surface area contributed by atoms with Crippen molar-refractivity contribution >= 4 is 5.69 Å². The topological polar surface area (TPSA) is 69.2 Å². The van der Waals surface area contributed by atoms with E-state index in [1.807, 2.05) is 0 Å². The minimum Gasteiger partial charge on any atom is -0.330 e. The van der Waals surface area contributed by atoms with Gasteiger partial charge in [-0.25, -0.2) is 0 Å². The van der Waals surface area contributed by atoms with Crippen molar-refractivity contribution in [2.45, 2.75) is 20.3 Å². The predicted octanol–water partition coefficient (Wildman–Crippen LogP) is 2.12. The Balaban J connectivity index is 2.77. The van der Waals surface area contributed by atoms with Gasteiger partial charge in [-0.3, -0.25) is 10.1 Å². The Kier molecular flexibility index (Phi) is 3.42. The second kappa shape index (κ2) is 4.40. The lowest BCUT2D eigenvalue weighted by Gasteiger charge is -2.21. The highest BCUT2D eigenvalue weighted by Crippen LogP contribution is 2.21. The fourth-order valence-electron chi connectivity index (χ4n) is 1.36. The molecule has 1 aromatic rings. The van der Waals surface area contributed by atoms with Crippen molar-refractivity contribution in [2.75, 3.05) is 6.54 Å². The molecule has 0 saturated heterocycles. The Hall–Kier alpha value is -1.42. The molecule has 82 valence electrons. The molecule has 4 heteroatoms. The van der Waals surface area contributed by atoms with Gasteiger partial charge in [-0.1, -0.05) is 26.0 Å². The molecule has 2 N–H and O–H groups in total. The normalized spacial score (nSPS) is 11.4. The van der Waals surface area contributed by atoms with E-state index in [-0.39, 0.29) is 11.1 Å². The molecule has 0 aromatic heterocycles. The van der Waals surface area contributed by atoms with Crippen LogP contribution >= 0.6 is 0 Å². The summed E-state index contributed by atoms with van der Waals surface area (Å²) >= 11 is 0. The summed E-state index contributed by atoms with van der Waals surface area (Å²) in [6.07, 6.45) is 0.835. The molecule has 0 aliphatic carbocycles. The van der Waals surface area contributed by atoms with Gasteiger partial charge in [0, 0.05) is 12.1 Å². The number of benzene rings is 1. The number of non-ortho nitro benzene ring substituents is 1. The third-order valence-electron chi connectivity index (χ3n) is 2.38. The van der Waals surface area contributed by atoms with Crippen molar-refractivity contribution in [3.8, 4) is 0 Å². The summed E-state index contributed by atoms with van der Waals surface area (Å²) in [6.45, 7) is 4.76. The van der Waals surface area contributed by atoms with Gasteiger partial charge in [0.25, 0.3) is 5.69 Å². The summed E-state index contributed by atoms with van der Waals surface area (Å²) in [5, 5.41) is 10.4. The number of rotatable bonds is 4. The van der Waals surface area contributed by atoms with Gasteiger partial charge >= 0.3 is 0 Å². The maximum absolute atomic E-state index is 10.4. The van der Waals surface area contributed by atoms with Gasteiger partial charge < -0.3 is 5.73 Å². The molecule has 0 aliphatic heterocycles. The van der Waals surface area contributed by atoms with Gasteiger partial charge in [-0.15, -0.1) is 0 Å². The van der Waals surface area contributed by atoms with Crippen molar-refractivity contribution in [3.05, 3.63) is 39.9 Å². The maximum Gasteiger partial charge on any atom is 0.269 e. The fourth-order valence-corrected chi connectivity index (χ4v) is 1.36. The van der Waals surface area contributed by atoms with Crippen LogP contribution in [0.4, 0.5) is 5.69 Å². The van der Waals surface area contributed by atoms with Crippen LogP contribution in [0.1, 0.15) is 19.4 Å². The highest BCUT2D eigenvalue weighted by molar-refractivity contribution is 5.33. The van der Waals surface area contributed by atoms with E-state index in [0.717, 1.165) is 12.0 Å². The molecular formula is C11H16N2O2. The van der Waals surface area contributed by atoms with E-state index in [1.54, 1.807) is 12.1 Å². The van der Waals surface area contributed by atoms with Crippen LogP contribution in [-0.2, 0) is 6.42 Å². The van der Waals surface area contributed by atoms with Crippen molar-refractivity contribution in [1.29, 1.82) is 0 Å². The molecule has 0 fully saturated rings. The number of nitro groups is 1. The Labute approximate surface area is 89.2 Å². The van der Waals surface area contributed by atoms with Gasteiger partial charge in [0.2, 0.25) is 0 Å². The summed E-state index contributed by atoms with van der Waals surface area (Å²) in [6, 6.07) is 6.63. The van der Waals surface area contributed by atoms with Gasteiger partial charge in [0.05, 0.1) is 4.92 Å². The molecule has 0 spiro atoms. The molecular weight excluding hydrogens is 192 g/mol. The first-order valence-corrected chi connectivity index (χ1v) is 4.88. The third-order valence-corrected chi connectivity index (χ3v) is 2.38. The molecule has 1 rings (SSSR count). The molecule has 0 unspecified atom stereocenters. The number of hydrogen-bond acceptors (Lipinski definition) is 3. The van der Waals surface area contributed by atoms with Crippen LogP contribution in [0.25, 0.3) is 0 Å². The Morgan fingerprint density at radius 1 is 1.33 bits per heavy atom. The zero-order chi connectivity index (χ0) is 11.5. The van der Waals surface area contributed by atoms with Crippen molar-refractivity contribution in [2.24, 2.45) is 11.1 Å². The van der Waals surface area contributed by atoms with E-state index < -0.39 is 4.92 Å². The second-order valence-corrected chi connectivity index (χ2v) is 4.47. The van der Waals surface area contributed by atoms with Crippen molar-refractivity contribution < 1.29 is 4.92 Å². The number of nitro benzene ring substituents is 1. The van der Waals surface area contributed by atoms with E-state index in [1.165, 1.54) is 12.1 Å². The van der Waals surface area contributed by atoms with Gasteiger partial charge in [-0.05, 0) is 23.9 Å². The third kappa shape index (κ3) is 3.32. The molecule has 0 bridgehead atoms. The minimum absolute atomic E-state index is 0.0378. The fraction of sp³-hybridized carbons (Fsp3) is 0.455. The summed E-state index contributed by atoms with van der Waals surface area (Å²) in [5.74, 6) is 0. The predicted molar refractivity (Wildman–Crippen MR) is 59.6 cm³/mol. The van der Waals surface area contributed by atoms with E-state index in [9.17, 15) is 10.1 Å². The maximum atomic E-state index is 10.4. The van der Waals surface area contributed by atoms with E-state index >= 15 is 0 Å². The largest absolute Gasteiger partial charge is 0.330 e. The molecule has 0 heterocycles. The molecule has 0 saturated carbocycles. The number of hydrogen-bond donors (Lipinski definition) is 1. The van der Waals surface area contributed by atoms with Crippen LogP contribution in [0.5, 0.6) is 0 Å². The summed E-state index contributed by atoms with van der Waals surface area (Å²) in [7, 11) is 0. The molecule has 1 aromatic carbocycles. The summed E-state index contributed by atoms with van der Waals surface area (Å²) < 4.78 is 0. The smallest absolute Gasteiger partial charge is 0.269 e. The highest BCUT2D eigenvalue weighted by Gasteiger charge is 2.16. The van der Waals surface area contributed by atoms with Gasteiger partial charge in [0.1, 0.15) is 0 Å². The minimum atomic E-state index is -0.391. The van der Waals surface area contributed by atoms with E-state index in [2.05, 4.69) is 13.8 Å². The SMILES string of the molecule is CC(C)(CN)Cc1ccc([N+](=O)[O-])cc1. The molecule has 0 atom stereocenters. The standard InChI is InChI=1S/C11H16N2O2/c1-11(2,8-12)7-9-3-5-10(6-4-9)13(14)15/h3-6H,7-8,12H2,1-2H3. The highest BCUT2D eigenvalue weighted by atomic mass is 16.6. The van der Waals surface area contributed by atoms with Crippen molar-refractivity contribution in [3.63, 3.8) is 0 Å². The van der Waals surface area contributed by atoms with Crippen LogP contribution in [0.15, 0.2) is 24.3 Å². The zero-order valence-corrected chi connectivity index (χ0v) is 9.06. The van der Waals surface area contributed by atoms with E-state index in [0.29, 0.717) is 6.54 Å². The van der Waals surface area contributed by atoms with Crippen LogP contribution in [0.3, 0.4) is 0 Å². The molecule has 15 heavy (non-hydrogen) atoms. The lowest BCUT2D eigenvalue weighted by Crippen LogP contribution is -2.25. The Morgan fingerprint density at radius 3 is 2.27 bits per heavy atom. The second-order valence-electron chi connectivity index (χ2n) is 4.47. The number of nitrogens with zero attached hydrogens (tertiary/aromatic N) is 1. The van der Waals surface area contributed by atoms with Crippen LogP contribution < -0.4 is 5.73 Å². The van der Waals surface area contributed by atoms with Crippen LogP contribution in [0.2, 0.25) is 0 Å². The average molecular weight is 208 g/mol. The molecule has 0 aliphatic rings. The first kappa shape index (κ1) is 11.7. The van der Waals surface area contributed by atoms with Crippen LogP contribution in [0, 0.1) is 15.5 Å². The first-order valence-electron chi connectivity index (χ1n) is 4.88. The molecule has 4 nitrogen and oxygen atoms in total.